The summed E-state index contributed by atoms with van der Waals surface area (Å²) in [5.41, 5.74) is 0.726. The lowest BCUT2D eigenvalue weighted by atomic mass is 10.2. The summed E-state index contributed by atoms with van der Waals surface area (Å²) >= 11 is -1.23. The van der Waals surface area contributed by atoms with Crippen LogP contribution in [-0.4, -0.2) is 4.89 Å². The number of hydrogen-bond acceptors (Lipinski definition) is 2. The number of halogens is 1. The molecule has 1 N–H and O–H groups in total. The molecule has 0 aliphatic carbocycles. The topological polar surface area (TPSA) is 54.4 Å². The molecule has 0 fully saturated rings. The van der Waals surface area contributed by atoms with Gasteiger partial charge in [-0.05, 0) is 10.6 Å². The number of hydrogen-bond donors (Lipinski definition) is 1. The molecule has 0 radical (unpaired) electrons. The van der Waals surface area contributed by atoms with Crippen LogP contribution in [0.5, 0.6) is 0 Å². The van der Waals surface area contributed by atoms with Crippen LogP contribution in [0.4, 0.5) is 0 Å². The minimum atomic E-state index is -2.17. The molecule has 64 valence electrons. The van der Waals surface area contributed by atoms with Gasteiger partial charge in [0.2, 0.25) is 6.16 Å². The van der Waals surface area contributed by atoms with E-state index in [1.807, 2.05) is 0 Å². The van der Waals surface area contributed by atoms with Gasteiger partial charge >= 0.3 is 8.03 Å². The third-order valence-electron chi connectivity index (χ3n) is 1.35. The molecular formula is C7H7IO3P+. The first kappa shape index (κ1) is 9.89. The summed E-state index contributed by atoms with van der Waals surface area (Å²) in [5.74, 6) is 0. The normalized spacial score (nSPS) is 11.2. The highest BCUT2D eigenvalue weighted by molar-refractivity contribution is 14.1. The van der Waals surface area contributed by atoms with Gasteiger partial charge < -0.3 is 0 Å². The van der Waals surface area contributed by atoms with Crippen LogP contribution < -0.4 is 0 Å². The second kappa shape index (κ2) is 4.74. The molecule has 1 aromatic carbocycles. The van der Waals surface area contributed by atoms with E-state index in [1.54, 1.807) is 24.3 Å². The minimum absolute atomic E-state index is 0.105. The van der Waals surface area contributed by atoms with Crippen molar-refractivity contribution in [1.29, 1.82) is 0 Å². The molecule has 0 bridgehead atoms. The lowest BCUT2D eigenvalue weighted by Gasteiger charge is -1.93. The molecule has 0 amide bonds. The molecule has 3 nitrogen and oxygen atoms in total. The van der Waals surface area contributed by atoms with Crippen molar-refractivity contribution < 1.29 is 12.5 Å². The van der Waals surface area contributed by atoms with Crippen LogP contribution in [-0.2, 0) is 13.8 Å². The Kier molecular flexibility index (Phi) is 3.91. The monoisotopic (exact) mass is 297 g/mol. The molecular weight excluding hydrogens is 290 g/mol. The lowest BCUT2D eigenvalue weighted by molar-refractivity contribution is 0.502. The summed E-state index contributed by atoms with van der Waals surface area (Å²) in [7, 11) is -2.17. The second-order valence-electron chi connectivity index (χ2n) is 2.18. The molecule has 1 rings (SSSR count). The van der Waals surface area contributed by atoms with Crippen LogP contribution >= 0.6 is 29.2 Å². The Labute approximate surface area is 81.3 Å². The van der Waals surface area contributed by atoms with E-state index in [2.05, 4.69) is 0 Å². The van der Waals surface area contributed by atoms with Crippen molar-refractivity contribution >= 4 is 29.2 Å². The summed E-state index contributed by atoms with van der Waals surface area (Å²) in [6.45, 7) is 0. The van der Waals surface area contributed by atoms with Crippen LogP contribution in [0.15, 0.2) is 24.3 Å². The maximum absolute atomic E-state index is 10.7. The molecule has 1 unspecified atom stereocenters. The molecule has 0 heterocycles. The van der Waals surface area contributed by atoms with Gasteiger partial charge in [-0.25, -0.2) is 0 Å². The molecule has 0 spiro atoms. The highest BCUT2D eigenvalue weighted by Gasteiger charge is 2.14. The van der Waals surface area contributed by atoms with E-state index in [0.29, 0.717) is 3.57 Å². The standard InChI is InChI=1S/C7H6IO3P/c9-8-7-4-2-1-3-6(7)5-12(10)11/h1-4H,5H2/p+1. The first-order valence-electron chi connectivity index (χ1n) is 3.22. The first-order valence-corrected chi connectivity index (χ1v) is 6.58. The highest BCUT2D eigenvalue weighted by atomic mass is 127. The van der Waals surface area contributed by atoms with Crippen molar-refractivity contribution in [3.8, 4) is 0 Å². The summed E-state index contributed by atoms with van der Waals surface area (Å²) in [5, 5.41) is 0. The van der Waals surface area contributed by atoms with E-state index in [1.165, 1.54) is 0 Å². The molecule has 0 saturated heterocycles. The predicted molar refractivity (Wildman–Crippen MR) is 53.4 cm³/mol. The fourth-order valence-corrected chi connectivity index (χ4v) is 2.72. The quantitative estimate of drug-likeness (QED) is 0.688. The van der Waals surface area contributed by atoms with Gasteiger partial charge in [0.05, 0.1) is 3.57 Å². The molecule has 0 aliphatic rings. The Morgan fingerprint density at radius 3 is 2.67 bits per heavy atom. The van der Waals surface area contributed by atoms with Crippen molar-refractivity contribution in [2.75, 3.05) is 0 Å². The highest BCUT2D eigenvalue weighted by Crippen LogP contribution is 2.25. The second-order valence-corrected chi connectivity index (χ2v) is 4.80. The summed E-state index contributed by atoms with van der Waals surface area (Å²) < 4.78 is 21.9. The van der Waals surface area contributed by atoms with Gasteiger partial charge in [-0.3, -0.25) is 3.07 Å². The molecule has 1 aromatic rings. The van der Waals surface area contributed by atoms with Crippen LogP contribution in [0.25, 0.3) is 0 Å². The Bertz CT molecular complexity index is 313. The fraction of sp³-hybridized carbons (Fsp3) is 0.143. The van der Waals surface area contributed by atoms with E-state index in [9.17, 15) is 7.63 Å². The van der Waals surface area contributed by atoms with Crippen LogP contribution in [0.1, 0.15) is 5.56 Å². The first-order chi connectivity index (χ1) is 5.74. The zero-order valence-corrected chi connectivity index (χ0v) is 9.16. The van der Waals surface area contributed by atoms with E-state index in [4.69, 9.17) is 4.89 Å². The predicted octanol–water partition coefficient (Wildman–Crippen LogP) is 2.41. The average molecular weight is 297 g/mol. The maximum Gasteiger partial charge on any atom is 0.510 e. The van der Waals surface area contributed by atoms with E-state index >= 15 is 0 Å². The SMILES string of the molecule is O=Ic1ccccc1C[P+](=O)O. The van der Waals surface area contributed by atoms with Gasteiger partial charge in [0.25, 0.3) is 0 Å². The summed E-state index contributed by atoms with van der Waals surface area (Å²) in [4.78, 5) is 8.65. The number of rotatable bonds is 3. The van der Waals surface area contributed by atoms with Gasteiger partial charge in [0, 0.05) is 5.56 Å². The van der Waals surface area contributed by atoms with Crippen molar-refractivity contribution in [1.82, 2.24) is 0 Å². The van der Waals surface area contributed by atoms with Crippen LogP contribution in [0, 0.1) is 3.57 Å². The Morgan fingerprint density at radius 2 is 2.08 bits per heavy atom. The van der Waals surface area contributed by atoms with Crippen molar-refractivity contribution in [2.45, 2.75) is 6.16 Å². The van der Waals surface area contributed by atoms with E-state index in [-0.39, 0.29) is 6.16 Å². The third-order valence-corrected chi connectivity index (χ3v) is 3.48. The fourth-order valence-electron chi connectivity index (χ4n) is 0.848. The summed E-state index contributed by atoms with van der Waals surface area (Å²) in [6.07, 6.45) is 0.105. The molecule has 5 heteroatoms. The molecule has 12 heavy (non-hydrogen) atoms. The molecule has 0 saturated carbocycles. The average Bonchev–Trinajstić information content (AvgIpc) is 2.04. The molecule has 1 atom stereocenters. The van der Waals surface area contributed by atoms with E-state index < -0.39 is 29.2 Å². The largest absolute Gasteiger partial charge is 0.510 e. The molecule has 0 aliphatic heterocycles. The van der Waals surface area contributed by atoms with Gasteiger partial charge in [0.1, 0.15) is 0 Å². The Hall–Kier alpha value is -0.190. The third kappa shape index (κ3) is 2.69. The van der Waals surface area contributed by atoms with Gasteiger partial charge in [-0.1, -0.05) is 18.2 Å². The maximum atomic E-state index is 10.7. The molecule has 0 aromatic heterocycles. The Morgan fingerprint density at radius 1 is 1.42 bits per heavy atom. The van der Waals surface area contributed by atoms with Crippen LogP contribution in [0.3, 0.4) is 0 Å². The van der Waals surface area contributed by atoms with Gasteiger partial charge in [-0.15, -0.1) is 0 Å². The van der Waals surface area contributed by atoms with E-state index in [0.717, 1.165) is 5.56 Å². The van der Waals surface area contributed by atoms with Crippen molar-refractivity contribution in [2.24, 2.45) is 0 Å². The lowest BCUT2D eigenvalue weighted by Crippen LogP contribution is -1.84. The van der Waals surface area contributed by atoms with Crippen molar-refractivity contribution in [3.63, 3.8) is 0 Å². The summed E-state index contributed by atoms with van der Waals surface area (Å²) in [6, 6.07) is 7.02. The van der Waals surface area contributed by atoms with Gasteiger partial charge in [0.15, 0.2) is 21.2 Å². The van der Waals surface area contributed by atoms with Crippen LogP contribution in [0.2, 0.25) is 0 Å². The minimum Gasteiger partial charge on any atom is -0.265 e. The zero-order valence-electron chi connectivity index (χ0n) is 6.11. The zero-order chi connectivity index (χ0) is 8.97. The Balaban J connectivity index is 2.96. The van der Waals surface area contributed by atoms with Crippen molar-refractivity contribution in [3.05, 3.63) is 33.4 Å². The van der Waals surface area contributed by atoms with Gasteiger partial charge in [-0.2, -0.15) is 4.89 Å². The number of benzene rings is 1. The smallest absolute Gasteiger partial charge is 0.265 e.